The molecule has 4 heteroatoms. The summed E-state index contributed by atoms with van der Waals surface area (Å²) in [4.78, 5) is 25.5. The van der Waals surface area contributed by atoms with Crippen LogP contribution in [0.2, 0.25) is 0 Å². The maximum absolute atomic E-state index is 12.2. The Balaban J connectivity index is 1.99. The van der Waals surface area contributed by atoms with Gasteiger partial charge in [-0.3, -0.25) is 9.59 Å². The average molecular weight is 238 g/mol. The fourth-order valence-corrected chi connectivity index (χ4v) is 2.77. The van der Waals surface area contributed by atoms with Gasteiger partial charge in [-0.1, -0.05) is 20.8 Å². The van der Waals surface area contributed by atoms with Crippen molar-refractivity contribution in [3.05, 3.63) is 0 Å². The average Bonchev–Trinajstić information content (AvgIpc) is 2.26. The Morgan fingerprint density at radius 3 is 2.71 bits per heavy atom. The molecule has 0 bridgehead atoms. The van der Waals surface area contributed by atoms with Crippen LogP contribution in [0.3, 0.4) is 0 Å². The van der Waals surface area contributed by atoms with Gasteiger partial charge in [0.15, 0.2) is 0 Å². The molecule has 1 N–H and O–H groups in total. The number of amides is 2. The first kappa shape index (κ1) is 12.4. The van der Waals surface area contributed by atoms with Crippen LogP contribution in [0, 0.1) is 11.3 Å². The summed E-state index contributed by atoms with van der Waals surface area (Å²) < 4.78 is 0. The van der Waals surface area contributed by atoms with Crippen molar-refractivity contribution in [3.63, 3.8) is 0 Å². The van der Waals surface area contributed by atoms with Crippen molar-refractivity contribution in [1.29, 1.82) is 0 Å². The molecule has 17 heavy (non-hydrogen) atoms. The Morgan fingerprint density at radius 2 is 2.06 bits per heavy atom. The van der Waals surface area contributed by atoms with Gasteiger partial charge in [-0.25, -0.2) is 0 Å². The SMILES string of the molecule is CC(C)(C)C(=O)N1CCC2NC(=O)CCC2C1. The molecule has 2 saturated heterocycles. The molecule has 0 aromatic heterocycles. The third kappa shape index (κ3) is 2.61. The molecule has 0 saturated carbocycles. The quantitative estimate of drug-likeness (QED) is 0.688. The number of piperidine rings is 2. The van der Waals surface area contributed by atoms with Gasteiger partial charge in [-0.05, 0) is 18.8 Å². The standard InChI is InChI=1S/C13H22N2O2/c1-13(2,3)12(17)15-7-6-10-9(8-15)4-5-11(16)14-10/h9-10H,4-8H2,1-3H3,(H,14,16). The van der Waals surface area contributed by atoms with Gasteiger partial charge >= 0.3 is 0 Å². The minimum Gasteiger partial charge on any atom is -0.353 e. The highest BCUT2D eigenvalue weighted by atomic mass is 16.2. The maximum Gasteiger partial charge on any atom is 0.227 e. The first-order valence-electron chi connectivity index (χ1n) is 6.46. The second-order valence-corrected chi connectivity index (χ2v) is 6.26. The van der Waals surface area contributed by atoms with Crippen LogP contribution in [0.25, 0.3) is 0 Å². The Labute approximate surface area is 103 Å². The number of rotatable bonds is 0. The van der Waals surface area contributed by atoms with Gasteiger partial charge in [-0.2, -0.15) is 0 Å². The fraction of sp³-hybridized carbons (Fsp3) is 0.846. The molecule has 0 radical (unpaired) electrons. The predicted molar refractivity (Wildman–Crippen MR) is 65.3 cm³/mol. The van der Waals surface area contributed by atoms with Crippen molar-refractivity contribution in [1.82, 2.24) is 10.2 Å². The zero-order valence-electron chi connectivity index (χ0n) is 11.0. The van der Waals surface area contributed by atoms with E-state index < -0.39 is 0 Å². The minimum atomic E-state index is -0.301. The molecule has 2 aliphatic rings. The van der Waals surface area contributed by atoms with Gasteiger partial charge < -0.3 is 10.2 Å². The van der Waals surface area contributed by atoms with Crippen LogP contribution in [-0.2, 0) is 9.59 Å². The lowest BCUT2D eigenvalue weighted by Crippen LogP contribution is -2.56. The second-order valence-electron chi connectivity index (χ2n) is 6.26. The molecule has 0 aliphatic carbocycles. The van der Waals surface area contributed by atoms with E-state index in [1.54, 1.807) is 0 Å². The molecule has 2 unspecified atom stereocenters. The van der Waals surface area contributed by atoms with Gasteiger partial charge in [0.25, 0.3) is 0 Å². The van der Waals surface area contributed by atoms with Crippen LogP contribution in [0.5, 0.6) is 0 Å². The molecular formula is C13H22N2O2. The summed E-state index contributed by atoms with van der Waals surface area (Å²) in [5.41, 5.74) is -0.301. The van der Waals surface area contributed by atoms with Crippen molar-refractivity contribution in [3.8, 4) is 0 Å². The van der Waals surface area contributed by atoms with E-state index in [1.165, 1.54) is 0 Å². The molecule has 2 atom stereocenters. The molecular weight excluding hydrogens is 216 g/mol. The molecule has 0 spiro atoms. The lowest BCUT2D eigenvalue weighted by molar-refractivity contribution is -0.142. The number of carbonyl (C=O) groups excluding carboxylic acids is 2. The largest absolute Gasteiger partial charge is 0.353 e. The lowest BCUT2D eigenvalue weighted by atomic mass is 9.83. The molecule has 96 valence electrons. The van der Waals surface area contributed by atoms with Crippen LogP contribution in [0.1, 0.15) is 40.0 Å². The van der Waals surface area contributed by atoms with Crippen molar-refractivity contribution < 1.29 is 9.59 Å². The van der Waals surface area contributed by atoms with Crippen LogP contribution in [0.15, 0.2) is 0 Å². The number of fused-ring (bicyclic) bond motifs is 1. The van der Waals surface area contributed by atoms with Crippen LogP contribution in [0.4, 0.5) is 0 Å². The van der Waals surface area contributed by atoms with Crippen LogP contribution in [-0.4, -0.2) is 35.8 Å². The summed E-state index contributed by atoms with van der Waals surface area (Å²) in [5.74, 6) is 0.849. The van der Waals surface area contributed by atoms with E-state index in [0.29, 0.717) is 18.4 Å². The number of hydrogen-bond donors (Lipinski definition) is 1. The van der Waals surface area contributed by atoms with Gasteiger partial charge in [0.2, 0.25) is 11.8 Å². The Hall–Kier alpha value is -1.06. The normalized spacial score (nSPS) is 29.6. The predicted octanol–water partition coefficient (Wildman–Crippen LogP) is 1.16. The van der Waals surface area contributed by atoms with Crippen molar-refractivity contribution >= 4 is 11.8 Å². The Bertz CT molecular complexity index is 333. The Kier molecular flexibility index (Phi) is 3.15. The number of nitrogens with zero attached hydrogens (tertiary/aromatic N) is 1. The first-order valence-corrected chi connectivity index (χ1v) is 6.46. The molecule has 0 aromatic carbocycles. The summed E-state index contributed by atoms with van der Waals surface area (Å²) in [5, 5.41) is 3.04. The molecule has 2 fully saturated rings. The van der Waals surface area contributed by atoms with Crippen molar-refractivity contribution in [2.75, 3.05) is 13.1 Å². The molecule has 2 aliphatic heterocycles. The van der Waals surface area contributed by atoms with Crippen molar-refractivity contribution in [2.24, 2.45) is 11.3 Å². The molecule has 4 nitrogen and oxygen atoms in total. The Morgan fingerprint density at radius 1 is 1.35 bits per heavy atom. The monoisotopic (exact) mass is 238 g/mol. The van der Waals surface area contributed by atoms with Gasteiger partial charge in [0, 0.05) is 31.0 Å². The van der Waals surface area contributed by atoms with E-state index in [2.05, 4.69) is 5.32 Å². The topological polar surface area (TPSA) is 49.4 Å². The second kappa shape index (κ2) is 4.31. The third-order valence-corrected chi connectivity index (χ3v) is 3.75. The number of carbonyl (C=O) groups is 2. The summed E-state index contributed by atoms with van der Waals surface area (Å²) in [6.45, 7) is 7.47. The molecule has 2 heterocycles. The first-order chi connectivity index (χ1) is 7.88. The summed E-state index contributed by atoms with van der Waals surface area (Å²) in [6.07, 6.45) is 2.43. The van der Waals surface area contributed by atoms with E-state index in [9.17, 15) is 9.59 Å². The molecule has 2 amide bonds. The van der Waals surface area contributed by atoms with Gasteiger partial charge in [0.05, 0.1) is 0 Å². The van der Waals surface area contributed by atoms with Gasteiger partial charge in [-0.15, -0.1) is 0 Å². The van der Waals surface area contributed by atoms with E-state index in [4.69, 9.17) is 0 Å². The summed E-state index contributed by atoms with van der Waals surface area (Å²) >= 11 is 0. The summed E-state index contributed by atoms with van der Waals surface area (Å²) in [6, 6.07) is 0.292. The van der Waals surface area contributed by atoms with Crippen LogP contribution < -0.4 is 5.32 Å². The number of hydrogen-bond acceptors (Lipinski definition) is 2. The maximum atomic E-state index is 12.2. The summed E-state index contributed by atoms with van der Waals surface area (Å²) in [7, 11) is 0. The molecule has 2 rings (SSSR count). The van der Waals surface area contributed by atoms with E-state index in [-0.39, 0.29) is 17.2 Å². The highest BCUT2D eigenvalue weighted by molar-refractivity contribution is 5.82. The highest BCUT2D eigenvalue weighted by Crippen LogP contribution is 2.28. The minimum absolute atomic E-state index is 0.168. The van der Waals surface area contributed by atoms with E-state index in [0.717, 1.165) is 25.9 Å². The fourth-order valence-electron chi connectivity index (χ4n) is 2.77. The zero-order chi connectivity index (χ0) is 12.6. The third-order valence-electron chi connectivity index (χ3n) is 3.75. The number of nitrogens with one attached hydrogen (secondary N) is 1. The number of likely N-dealkylation sites (tertiary alicyclic amines) is 1. The smallest absolute Gasteiger partial charge is 0.227 e. The van der Waals surface area contributed by atoms with Crippen LogP contribution >= 0.6 is 0 Å². The van der Waals surface area contributed by atoms with E-state index >= 15 is 0 Å². The lowest BCUT2D eigenvalue weighted by Gasteiger charge is -2.43. The molecule has 0 aromatic rings. The van der Waals surface area contributed by atoms with E-state index in [1.807, 2.05) is 25.7 Å². The highest BCUT2D eigenvalue weighted by Gasteiger charge is 2.37. The zero-order valence-corrected chi connectivity index (χ0v) is 11.0. The van der Waals surface area contributed by atoms with Gasteiger partial charge in [0.1, 0.15) is 0 Å². The van der Waals surface area contributed by atoms with Crippen molar-refractivity contribution in [2.45, 2.75) is 46.1 Å².